The van der Waals surface area contributed by atoms with Crippen molar-refractivity contribution in [3.05, 3.63) is 75.8 Å². The van der Waals surface area contributed by atoms with Crippen LogP contribution in [0.4, 0.5) is 5.69 Å². The van der Waals surface area contributed by atoms with E-state index in [2.05, 4.69) is 5.32 Å². The molecule has 1 amide bonds. The SMILES string of the molecule is CC(O)(CCc1ccccc1)CNC(=O)c1ccccc1[N+](=O)[O-]. The third-order valence-electron chi connectivity index (χ3n) is 3.77. The average molecular weight is 328 g/mol. The maximum absolute atomic E-state index is 12.2. The maximum Gasteiger partial charge on any atom is 0.282 e. The van der Waals surface area contributed by atoms with Crippen LogP contribution in [0.3, 0.4) is 0 Å². The van der Waals surface area contributed by atoms with Crippen molar-refractivity contribution in [3.8, 4) is 0 Å². The Kier molecular flexibility index (Phi) is 5.65. The lowest BCUT2D eigenvalue weighted by molar-refractivity contribution is -0.385. The van der Waals surface area contributed by atoms with E-state index in [4.69, 9.17) is 0 Å². The van der Waals surface area contributed by atoms with Crippen LogP contribution in [0.15, 0.2) is 54.6 Å². The zero-order chi connectivity index (χ0) is 17.6. The summed E-state index contributed by atoms with van der Waals surface area (Å²) in [5, 5.41) is 23.9. The van der Waals surface area contributed by atoms with E-state index in [1.165, 1.54) is 18.2 Å². The molecule has 2 N–H and O–H groups in total. The summed E-state index contributed by atoms with van der Waals surface area (Å²) in [6.07, 6.45) is 1.14. The first-order valence-electron chi connectivity index (χ1n) is 7.67. The van der Waals surface area contributed by atoms with E-state index in [9.17, 15) is 20.0 Å². The molecule has 0 fully saturated rings. The van der Waals surface area contributed by atoms with Crippen molar-refractivity contribution >= 4 is 11.6 Å². The van der Waals surface area contributed by atoms with Gasteiger partial charge in [0.05, 0.1) is 10.5 Å². The Morgan fingerprint density at radius 3 is 2.46 bits per heavy atom. The van der Waals surface area contributed by atoms with Gasteiger partial charge in [0, 0.05) is 12.6 Å². The number of para-hydroxylation sites is 1. The fourth-order valence-corrected chi connectivity index (χ4v) is 2.34. The summed E-state index contributed by atoms with van der Waals surface area (Å²) >= 11 is 0. The number of nitro benzene ring substituents is 1. The van der Waals surface area contributed by atoms with Gasteiger partial charge in [0.15, 0.2) is 0 Å². The van der Waals surface area contributed by atoms with Crippen LogP contribution in [0.25, 0.3) is 0 Å². The van der Waals surface area contributed by atoms with Gasteiger partial charge in [-0.1, -0.05) is 42.5 Å². The van der Waals surface area contributed by atoms with Gasteiger partial charge in [-0.3, -0.25) is 14.9 Å². The number of nitro groups is 1. The fourth-order valence-electron chi connectivity index (χ4n) is 2.34. The van der Waals surface area contributed by atoms with Crippen molar-refractivity contribution in [2.45, 2.75) is 25.4 Å². The van der Waals surface area contributed by atoms with Crippen molar-refractivity contribution in [3.63, 3.8) is 0 Å². The average Bonchev–Trinajstić information content (AvgIpc) is 2.59. The van der Waals surface area contributed by atoms with Crippen LogP contribution in [0.5, 0.6) is 0 Å². The minimum Gasteiger partial charge on any atom is -0.388 e. The lowest BCUT2D eigenvalue weighted by Gasteiger charge is -2.23. The van der Waals surface area contributed by atoms with Gasteiger partial charge in [0.1, 0.15) is 5.56 Å². The van der Waals surface area contributed by atoms with Crippen molar-refractivity contribution < 1.29 is 14.8 Å². The van der Waals surface area contributed by atoms with Gasteiger partial charge in [0.25, 0.3) is 11.6 Å². The highest BCUT2D eigenvalue weighted by Crippen LogP contribution is 2.18. The highest BCUT2D eigenvalue weighted by Gasteiger charge is 2.24. The maximum atomic E-state index is 12.2. The van der Waals surface area contributed by atoms with Gasteiger partial charge in [-0.15, -0.1) is 0 Å². The van der Waals surface area contributed by atoms with Crippen LogP contribution in [0.2, 0.25) is 0 Å². The van der Waals surface area contributed by atoms with Crippen molar-refractivity contribution in [1.82, 2.24) is 5.32 Å². The summed E-state index contributed by atoms with van der Waals surface area (Å²) in [6, 6.07) is 15.5. The highest BCUT2D eigenvalue weighted by atomic mass is 16.6. The van der Waals surface area contributed by atoms with Gasteiger partial charge in [0.2, 0.25) is 0 Å². The molecule has 0 bridgehead atoms. The number of amides is 1. The summed E-state index contributed by atoms with van der Waals surface area (Å²) in [7, 11) is 0. The van der Waals surface area contributed by atoms with E-state index in [1.807, 2.05) is 30.3 Å². The number of nitrogens with one attached hydrogen (secondary N) is 1. The first kappa shape index (κ1) is 17.6. The summed E-state index contributed by atoms with van der Waals surface area (Å²) in [6.45, 7) is 1.65. The molecule has 6 heteroatoms. The number of nitrogens with zero attached hydrogens (tertiary/aromatic N) is 1. The van der Waals surface area contributed by atoms with Crippen LogP contribution in [-0.4, -0.2) is 28.1 Å². The molecule has 126 valence electrons. The number of aliphatic hydroxyl groups is 1. The van der Waals surface area contributed by atoms with Gasteiger partial charge in [-0.25, -0.2) is 0 Å². The molecule has 24 heavy (non-hydrogen) atoms. The number of aryl methyl sites for hydroxylation is 1. The Morgan fingerprint density at radius 1 is 1.17 bits per heavy atom. The molecule has 0 aliphatic rings. The number of carbonyl (C=O) groups excluding carboxylic acids is 1. The Labute approximate surface area is 140 Å². The molecular weight excluding hydrogens is 308 g/mol. The second kappa shape index (κ2) is 7.70. The fraction of sp³-hybridized carbons (Fsp3) is 0.278. The smallest absolute Gasteiger partial charge is 0.282 e. The van der Waals surface area contributed by atoms with Crippen LogP contribution >= 0.6 is 0 Å². The van der Waals surface area contributed by atoms with Crippen molar-refractivity contribution in [2.75, 3.05) is 6.54 Å². The minimum atomic E-state index is -1.10. The van der Waals surface area contributed by atoms with Crippen LogP contribution < -0.4 is 5.32 Å². The second-order valence-electron chi connectivity index (χ2n) is 5.94. The Balaban J connectivity index is 1.94. The van der Waals surface area contributed by atoms with Gasteiger partial charge in [-0.2, -0.15) is 0 Å². The van der Waals surface area contributed by atoms with E-state index in [-0.39, 0.29) is 17.8 Å². The molecule has 1 unspecified atom stereocenters. The number of carbonyl (C=O) groups is 1. The van der Waals surface area contributed by atoms with Crippen LogP contribution in [0.1, 0.15) is 29.3 Å². The predicted octanol–water partition coefficient (Wildman–Crippen LogP) is 2.71. The summed E-state index contributed by atoms with van der Waals surface area (Å²) < 4.78 is 0. The second-order valence-corrected chi connectivity index (χ2v) is 5.94. The number of benzene rings is 2. The summed E-state index contributed by atoms with van der Waals surface area (Å²) in [4.78, 5) is 22.5. The van der Waals surface area contributed by atoms with E-state index >= 15 is 0 Å². The van der Waals surface area contributed by atoms with E-state index in [0.29, 0.717) is 12.8 Å². The molecule has 6 nitrogen and oxygen atoms in total. The predicted molar refractivity (Wildman–Crippen MR) is 90.8 cm³/mol. The van der Waals surface area contributed by atoms with Crippen molar-refractivity contribution in [2.24, 2.45) is 0 Å². The standard InChI is InChI=1S/C18H20N2O4/c1-18(22,12-11-14-7-3-2-4-8-14)13-19-17(21)15-9-5-6-10-16(15)20(23)24/h2-10,22H,11-13H2,1H3,(H,19,21). The largest absolute Gasteiger partial charge is 0.388 e. The van der Waals surface area contributed by atoms with E-state index < -0.39 is 16.4 Å². The zero-order valence-corrected chi connectivity index (χ0v) is 13.4. The van der Waals surface area contributed by atoms with Gasteiger partial charge < -0.3 is 10.4 Å². The molecule has 1 atom stereocenters. The Bertz CT molecular complexity index is 714. The molecule has 0 saturated carbocycles. The molecule has 0 aliphatic heterocycles. The number of hydrogen-bond donors (Lipinski definition) is 2. The molecule has 0 aliphatic carbocycles. The molecule has 0 spiro atoms. The number of rotatable bonds is 7. The van der Waals surface area contributed by atoms with E-state index in [0.717, 1.165) is 5.56 Å². The lowest BCUT2D eigenvalue weighted by atomic mass is 9.96. The summed E-state index contributed by atoms with van der Waals surface area (Å²) in [5.74, 6) is -0.567. The molecule has 2 aromatic rings. The first-order valence-corrected chi connectivity index (χ1v) is 7.67. The monoisotopic (exact) mass is 328 g/mol. The third kappa shape index (κ3) is 4.89. The normalized spacial score (nSPS) is 13.1. The van der Waals surface area contributed by atoms with Gasteiger partial charge in [-0.05, 0) is 31.4 Å². The molecule has 0 radical (unpaired) electrons. The van der Waals surface area contributed by atoms with Crippen LogP contribution in [-0.2, 0) is 6.42 Å². The molecule has 2 aromatic carbocycles. The summed E-state index contributed by atoms with van der Waals surface area (Å²) in [5.41, 5.74) is -0.266. The molecule has 2 rings (SSSR count). The van der Waals surface area contributed by atoms with Gasteiger partial charge >= 0.3 is 0 Å². The Hall–Kier alpha value is -2.73. The highest BCUT2D eigenvalue weighted by molar-refractivity contribution is 5.98. The molecule has 0 aromatic heterocycles. The molecule has 0 saturated heterocycles. The molecule has 0 heterocycles. The molecular formula is C18H20N2O4. The Morgan fingerprint density at radius 2 is 1.79 bits per heavy atom. The minimum absolute atomic E-state index is 0.0126. The first-order chi connectivity index (χ1) is 11.4. The van der Waals surface area contributed by atoms with E-state index in [1.54, 1.807) is 13.0 Å². The van der Waals surface area contributed by atoms with Crippen molar-refractivity contribution in [1.29, 1.82) is 0 Å². The lowest BCUT2D eigenvalue weighted by Crippen LogP contribution is -2.41. The quantitative estimate of drug-likeness (QED) is 0.604. The van der Waals surface area contributed by atoms with Crippen LogP contribution in [0, 0.1) is 10.1 Å². The zero-order valence-electron chi connectivity index (χ0n) is 13.4. The number of hydrogen-bond acceptors (Lipinski definition) is 4. The third-order valence-corrected chi connectivity index (χ3v) is 3.77. The topological polar surface area (TPSA) is 92.5 Å².